The zero-order valence-corrected chi connectivity index (χ0v) is 9.92. The van der Waals surface area contributed by atoms with Crippen LogP contribution in [-0.4, -0.2) is 4.98 Å². The first kappa shape index (κ1) is 9.82. The molecule has 0 saturated heterocycles. The molecule has 0 aliphatic heterocycles. The van der Waals surface area contributed by atoms with Gasteiger partial charge in [0.15, 0.2) is 0 Å². The van der Waals surface area contributed by atoms with Crippen molar-refractivity contribution in [1.82, 2.24) is 4.98 Å². The summed E-state index contributed by atoms with van der Waals surface area (Å²) in [4.78, 5) is 5.31. The van der Waals surface area contributed by atoms with Crippen LogP contribution in [0.1, 0.15) is 0 Å². The zero-order chi connectivity index (χ0) is 11.0. The van der Waals surface area contributed by atoms with Crippen LogP contribution in [-0.2, 0) is 0 Å². The maximum absolute atomic E-state index is 6.22. The molecule has 2 heterocycles. The van der Waals surface area contributed by atoms with Crippen LogP contribution in [0.2, 0.25) is 5.02 Å². The van der Waals surface area contributed by atoms with Crippen LogP contribution < -0.4 is 0 Å². The Morgan fingerprint density at radius 2 is 1.88 bits per heavy atom. The minimum absolute atomic E-state index is 0.769. The molecule has 1 aromatic carbocycles. The number of halogens is 1. The standard InChI is InChI=1S/C13H8ClNS/c14-11-6-7-15-13-12(11)10(8-16-13)9-4-2-1-3-5-9/h1-8H. The summed E-state index contributed by atoms with van der Waals surface area (Å²) in [5, 5.41) is 3.93. The first-order valence-corrected chi connectivity index (χ1v) is 6.19. The lowest BCUT2D eigenvalue weighted by molar-refractivity contribution is 1.45. The van der Waals surface area contributed by atoms with E-state index in [1.807, 2.05) is 24.3 Å². The van der Waals surface area contributed by atoms with Gasteiger partial charge in [-0.1, -0.05) is 41.9 Å². The fraction of sp³-hybridized carbons (Fsp3) is 0. The average Bonchev–Trinajstić information content (AvgIpc) is 2.75. The van der Waals surface area contributed by atoms with E-state index >= 15 is 0 Å². The van der Waals surface area contributed by atoms with Gasteiger partial charge in [-0.3, -0.25) is 0 Å². The minimum Gasteiger partial charge on any atom is -0.245 e. The second-order valence-electron chi connectivity index (χ2n) is 3.49. The van der Waals surface area contributed by atoms with Crippen LogP contribution in [0.25, 0.3) is 21.3 Å². The largest absolute Gasteiger partial charge is 0.245 e. The Hall–Kier alpha value is -1.38. The number of rotatable bonds is 1. The summed E-state index contributed by atoms with van der Waals surface area (Å²) in [5.41, 5.74) is 2.35. The zero-order valence-electron chi connectivity index (χ0n) is 8.35. The van der Waals surface area contributed by atoms with E-state index in [4.69, 9.17) is 11.6 Å². The average molecular weight is 246 g/mol. The lowest BCUT2D eigenvalue weighted by Gasteiger charge is -2.00. The molecule has 0 atom stereocenters. The van der Waals surface area contributed by atoms with E-state index in [9.17, 15) is 0 Å². The summed E-state index contributed by atoms with van der Waals surface area (Å²) in [6, 6.07) is 12.1. The molecule has 1 nitrogen and oxygen atoms in total. The fourth-order valence-electron chi connectivity index (χ4n) is 1.76. The van der Waals surface area contributed by atoms with Gasteiger partial charge >= 0.3 is 0 Å². The summed E-state index contributed by atoms with van der Waals surface area (Å²) in [6.45, 7) is 0. The number of aromatic nitrogens is 1. The van der Waals surface area contributed by atoms with Crippen LogP contribution in [0.15, 0.2) is 48.0 Å². The number of hydrogen-bond donors (Lipinski definition) is 0. The van der Waals surface area contributed by atoms with Crippen molar-refractivity contribution in [2.24, 2.45) is 0 Å². The lowest BCUT2D eigenvalue weighted by atomic mass is 10.1. The molecule has 0 spiro atoms. The van der Waals surface area contributed by atoms with Gasteiger partial charge in [0.2, 0.25) is 0 Å². The van der Waals surface area contributed by atoms with Gasteiger partial charge < -0.3 is 0 Å². The molecule has 3 rings (SSSR count). The van der Waals surface area contributed by atoms with Crippen LogP contribution in [0.4, 0.5) is 0 Å². The summed E-state index contributed by atoms with van der Waals surface area (Å²) in [6.07, 6.45) is 1.75. The minimum atomic E-state index is 0.769. The third-order valence-corrected chi connectivity index (χ3v) is 3.71. The maximum Gasteiger partial charge on any atom is 0.125 e. The van der Waals surface area contributed by atoms with E-state index in [0.717, 1.165) is 15.2 Å². The Balaban J connectivity index is 2.33. The molecule has 0 aliphatic carbocycles. The first-order valence-electron chi connectivity index (χ1n) is 4.93. The molecule has 0 saturated carbocycles. The number of nitrogens with zero attached hydrogens (tertiary/aromatic N) is 1. The number of fused-ring (bicyclic) bond motifs is 1. The number of pyridine rings is 1. The normalized spacial score (nSPS) is 10.8. The molecule has 0 bridgehead atoms. The second kappa shape index (κ2) is 3.89. The summed E-state index contributed by atoms with van der Waals surface area (Å²) < 4.78 is 0. The lowest BCUT2D eigenvalue weighted by Crippen LogP contribution is -1.77. The van der Waals surface area contributed by atoms with Crippen LogP contribution in [0.5, 0.6) is 0 Å². The molecular formula is C13H8ClNS. The molecule has 0 amide bonds. The van der Waals surface area contributed by atoms with E-state index in [1.165, 1.54) is 11.1 Å². The molecule has 0 aliphatic rings. The van der Waals surface area contributed by atoms with Crippen molar-refractivity contribution in [3.8, 4) is 11.1 Å². The molecule has 2 aromatic heterocycles. The Bertz CT molecular complexity index is 631. The van der Waals surface area contributed by atoms with Crippen molar-refractivity contribution in [3.05, 3.63) is 53.0 Å². The van der Waals surface area contributed by atoms with E-state index in [0.29, 0.717) is 0 Å². The molecule has 0 radical (unpaired) electrons. The molecule has 0 unspecified atom stereocenters. The van der Waals surface area contributed by atoms with Gasteiger partial charge in [0, 0.05) is 22.5 Å². The maximum atomic E-state index is 6.22. The van der Waals surface area contributed by atoms with Gasteiger partial charge in [-0.25, -0.2) is 4.98 Å². The number of benzene rings is 1. The molecule has 78 valence electrons. The Morgan fingerprint density at radius 3 is 2.69 bits per heavy atom. The van der Waals surface area contributed by atoms with Crippen LogP contribution in [0.3, 0.4) is 0 Å². The third kappa shape index (κ3) is 1.51. The molecular weight excluding hydrogens is 238 g/mol. The SMILES string of the molecule is Clc1ccnc2scc(-c3ccccc3)c12. The quantitative estimate of drug-likeness (QED) is 0.610. The van der Waals surface area contributed by atoms with Crippen molar-refractivity contribution in [2.75, 3.05) is 0 Å². The van der Waals surface area contributed by atoms with E-state index in [-0.39, 0.29) is 0 Å². The van der Waals surface area contributed by atoms with Crippen molar-refractivity contribution < 1.29 is 0 Å². The summed E-state index contributed by atoms with van der Waals surface area (Å²) >= 11 is 7.85. The van der Waals surface area contributed by atoms with Crippen LogP contribution in [0, 0.1) is 0 Å². The second-order valence-corrected chi connectivity index (χ2v) is 4.75. The third-order valence-electron chi connectivity index (χ3n) is 2.51. The number of thiophene rings is 1. The van der Waals surface area contributed by atoms with Crippen molar-refractivity contribution in [1.29, 1.82) is 0 Å². The predicted molar refractivity (Wildman–Crippen MR) is 70.1 cm³/mol. The van der Waals surface area contributed by atoms with E-state index in [1.54, 1.807) is 17.5 Å². The summed E-state index contributed by atoms with van der Waals surface area (Å²) in [7, 11) is 0. The molecule has 0 N–H and O–H groups in total. The first-order chi connectivity index (χ1) is 7.86. The Labute approximate surface area is 102 Å². The fourth-order valence-corrected chi connectivity index (χ4v) is 3.00. The predicted octanol–water partition coefficient (Wildman–Crippen LogP) is 4.62. The van der Waals surface area contributed by atoms with Gasteiger partial charge in [0.05, 0.1) is 5.02 Å². The molecule has 0 fully saturated rings. The van der Waals surface area contributed by atoms with Gasteiger partial charge in [0.1, 0.15) is 4.83 Å². The molecule has 3 aromatic rings. The number of hydrogen-bond acceptors (Lipinski definition) is 2. The highest BCUT2D eigenvalue weighted by atomic mass is 35.5. The van der Waals surface area contributed by atoms with Gasteiger partial charge in [-0.2, -0.15) is 0 Å². The molecule has 3 heteroatoms. The highest BCUT2D eigenvalue weighted by Gasteiger charge is 2.09. The monoisotopic (exact) mass is 245 g/mol. The summed E-state index contributed by atoms with van der Waals surface area (Å²) in [5.74, 6) is 0. The Kier molecular flexibility index (Phi) is 2.39. The van der Waals surface area contributed by atoms with Crippen LogP contribution >= 0.6 is 22.9 Å². The van der Waals surface area contributed by atoms with Gasteiger partial charge in [-0.15, -0.1) is 11.3 Å². The highest BCUT2D eigenvalue weighted by molar-refractivity contribution is 7.17. The van der Waals surface area contributed by atoms with Crippen molar-refractivity contribution in [2.45, 2.75) is 0 Å². The Morgan fingerprint density at radius 1 is 1.06 bits per heavy atom. The van der Waals surface area contributed by atoms with E-state index in [2.05, 4.69) is 22.5 Å². The van der Waals surface area contributed by atoms with Gasteiger partial charge in [0.25, 0.3) is 0 Å². The molecule has 16 heavy (non-hydrogen) atoms. The topological polar surface area (TPSA) is 12.9 Å². The highest BCUT2D eigenvalue weighted by Crippen LogP contribution is 2.36. The smallest absolute Gasteiger partial charge is 0.125 e. The van der Waals surface area contributed by atoms with E-state index < -0.39 is 0 Å². The van der Waals surface area contributed by atoms with Gasteiger partial charge in [-0.05, 0) is 11.6 Å². The van der Waals surface area contributed by atoms with Crippen molar-refractivity contribution >= 4 is 33.2 Å². The van der Waals surface area contributed by atoms with Crippen molar-refractivity contribution in [3.63, 3.8) is 0 Å².